The van der Waals surface area contributed by atoms with Gasteiger partial charge in [0.15, 0.2) is 17.5 Å². The lowest BCUT2D eigenvalue weighted by Crippen LogP contribution is -2.15. The number of thiazole rings is 1. The molecular formula is C16H11F3N2OS. The number of hydrogen-bond acceptors (Lipinski definition) is 3. The molecule has 1 amide bonds. The Hall–Kier alpha value is -2.41. The van der Waals surface area contributed by atoms with Crippen LogP contribution in [0.2, 0.25) is 0 Å². The van der Waals surface area contributed by atoms with Gasteiger partial charge in [0.05, 0.1) is 20.8 Å². The number of carbonyl (C=O) groups excluding carboxylic acids is 1. The zero-order valence-corrected chi connectivity index (χ0v) is 12.8. The van der Waals surface area contributed by atoms with Gasteiger partial charge >= 0.3 is 0 Å². The van der Waals surface area contributed by atoms with Crippen LogP contribution in [0.4, 0.5) is 18.9 Å². The van der Waals surface area contributed by atoms with Crippen molar-refractivity contribution >= 4 is 33.1 Å². The average molecular weight is 336 g/mol. The minimum atomic E-state index is -1.66. The topological polar surface area (TPSA) is 42.0 Å². The highest BCUT2D eigenvalue weighted by Crippen LogP contribution is 2.26. The maximum Gasteiger partial charge on any atom is 0.258 e. The minimum Gasteiger partial charge on any atom is -0.322 e. The van der Waals surface area contributed by atoms with Crippen LogP contribution in [-0.4, -0.2) is 10.9 Å². The van der Waals surface area contributed by atoms with Crippen molar-refractivity contribution in [3.05, 3.63) is 58.4 Å². The second-order valence-electron chi connectivity index (χ2n) is 4.82. The Morgan fingerprint density at radius 2 is 1.96 bits per heavy atom. The zero-order chi connectivity index (χ0) is 16.6. The van der Waals surface area contributed by atoms with Gasteiger partial charge in [0.2, 0.25) is 0 Å². The Labute approximate surface area is 133 Å². The molecule has 1 N–H and O–H groups in total. The van der Waals surface area contributed by atoms with Crippen LogP contribution in [0, 0.1) is 17.5 Å². The van der Waals surface area contributed by atoms with Crippen molar-refractivity contribution in [2.24, 2.45) is 0 Å². The average Bonchev–Trinajstić information content (AvgIpc) is 2.95. The molecule has 118 valence electrons. The number of rotatable bonds is 3. The quantitative estimate of drug-likeness (QED) is 0.714. The molecule has 0 atom stereocenters. The number of aromatic nitrogens is 1. The first-order valence-corrected chi connectivity index (χ1v) is 7.65. The highest BCUT2D eigenvalue weighted by Gasteiger charge is 2.19. The van der Waals surface area contributed by atoms with E-state index in [0.717, 1.165) is 27.7 Å². The summed E-state index contributed by atoms with van der Waals surface area (Å²) < 4.78 is 40.6. The van der Waals surface area contributed by atoms with Crippen molar-refractivity contribution in [2.75, 3.05) is 5.32 Å². The van der Waals surface area contributed by atoms with Crippen molar-refractivity contribution in [3.8, 4) is 0 Å². The normalized spacial score (nSPS) is 11.0. The van der Waals surface area contributed by atoms with E-state index >= 15 is 0 Å². The van der Waals surface area contributed by atoms with E-state index in [-0.39, 0.29) is 0 Å². The van der Waals surface area contributed by atoms with Gasteiger partial charge in [-0.3, -0.25) is 4.79 Å². The molecule has 0 saturated heterocycles. The molecule has 0 unspecified atom stereocenters. The first-order valence-electron chi connectivity index (χ1n) is 6.84. The number of carbonyl (C=O) groups is 1. The number of aryl methyl sites for hydroxylation is 1. The Morgan fingerprint density at radius 3 is 2.70 bits per heavy atom. The van der Waals surface area contributed by atoms with Crippen molar-refractivity contribution in [1.29, 1.82) is 0 Å². The number of anilines is 1. The van der Waals surface area contributed by atoms with Gasteiger partial charge in [-0.1, -0.05) is 6.92 Å². The van der Waals surface area contributed by atoms with Gasteiger partial charge in [0.1, 0.15) is 0 Å². The summed E-state index contributed by atoms with van der Waals surface area (Å²) in [5.74, 6) is -5.35. The van der Waals surface area contributed by atoms with Crippen LogP contribution in [0.3, 0.4) is 0 Å². The first-order chi connectivity index (χ1) is 11.0. The van der Waals surface area contributed by atoms with E-state index in [0.29, 0.717) is 11.8 Å². The summed E-state index contributed by atoms with van der Waals surface area (Å²) in [6.07, 6.45) is 0.807. The fourth-order valence-corrected chi connectivity index (χ4v) is 3.05. The van der Waals surface area contributed by atoms with Crippen molar-refractivity contribution in [1.82, 2.24) is 4.98 Å². The fraction of sp³-hybridized carbons (Fsp3) is 0.125. The number of amides is 1. The molecule has 1 aromatic heterocycles. The number of nitrogens with zero attached hydrogens (tertiary/aromatic N) is 1. The third-order valence-corrected chi connectivity index (χ3v) is 4.44. The van der Waals surface area contributed by atoms with E-state index in [1.165, 1.54) is 11.3 Å². The summed E-state index contributed by atoms with van der Waals surface area (Å²) in [5, 5.41) is 3.44. The highest BCUT2D eigenvalue weighted by atomic mass is 32.1. The van der Waals surface area contributed by atoms with Gasteiger partial charge in [0, 0.05) is 5.69 Å². The summed E-state index contributed by atoms with van der Waals surface area (Å²) in [6, 6.07) is 6.69. The van der Waals surface area contributed by atoms with Crippen molar-refractivity contribution < 1.29 is 18.0 Å². The minimum absolute atomic E-state index is 0.429. The molecule has 3 rings (SSSR count). The lowest BCUT2D eigenvalue weighted by molar-refractivity contribution is 0.102. The zero-order valence-electron chi connectivity index (χ0n) is 12.0. The van der Waals surface area contributed by atoms with Gasteiger partial charge < -0.3 is 5.32 Å². The molecule has 0 aliphatic carbocycles. The molecule has 1 heterocycles. The maximum absolute atomic E-state index is 13.6. The van der Waals surface area contributed by atoms with E-state index in [1.807, 2.05) is 6.92 Å². The van der Waals surface area contributed by atoms with Gasteiger partial charge in [0.25, 0.3) is 5.91 Å². The lowest BCUT2D eigenvalue weighted by Gasteiger charge is -2.07. The summed E-state index contributed by atoms with van der Waals surface area (Å²) in [4.78, 5) is 16.4. The Morgan fingerprint density at radius 1 is 1.17 bits per heavy atom. The molecule has 0 saturated carbocycles. The van der Waals surface area contributed by atoms with Crippen LogP contribution < -0.4 is 5.32 Å². The van der Waals surface area contributed by atoms with Gasteiger partial charge in [-0.15, -0.1) is 11.3 Å². The smallest absolute Gasteiger partial charge is 0.258 e. The third-order valence-electron chi connectivity index (χ3n) is 3.27. The van der Waals surface area contributed by atoms with Crippen LogP contribution >= 0.6 is 11.3 Å². The highest BCUT2D eigenvalue weighted by molar-refractivity contribution is 7.18. The third kappa shape index (κ3) is 2.92. The summed E-state index contributed by atoms with van der Waals surface area (Å²) in [5.41, 5.74) is 0.685. The molecule has 0 aliphatic rings. The van der Waals surface area contributed by atoms with Crippen LogP contribution in [0.1, 0.15) is 22.3 Å². The molecular weight excluding hydrogens is 325 g/mol. The maximum atomic E-state index is 13.6. The summed E-state index contributed by atoms with van der Waals surface area (Å²) >= 11 is 1.50. The van der Waals surface area contributed by atoms with Gasteiger partial charge in [-0.2, -0.15) is 0 Å². The van der Waals surface area contributed by atoms with E-state index in [4.69, 9.17) is 0 Å². The monoisotopic (exact) mass is 336 g/mol. The predicted octanol–water partition coefficient (Wildman–Crippen LogP) is 4.53. The van der Waals surface area contributed by atoms with E-state index in [9.17, 15) is 18.0 Å². The molecule has 2 aromatic carbocycles. The molecule has 0 radical (unpaired) electrons. The summed E-state index contributed by atoms with van der Waals surface area (Å²) in [7, 11) is 0. The van der Waals surface area contributed by atoms with Crippen LogP contribution in [0.5, 0.6) is 0 Å². The SMILES string of the molecule is CCc1nc2ccc(NC(=O)c3ccc(F)c(F)c3F)cc2s1. The van der Waals surface area contributed by atoms with Crippen molar-refractivity contribution in [2.45, 2.75) is 13.3 Å². The van der Waals surface area contributed by atoms with E-state index < -0.39 is 28.9 Å². The van der Waals surface area contributed by atoms with Crippen LogP contribution in [-0.2, 0) is 6.42 Å². The van der Waals surface area contributed by atoms with E-state index in [1.54, 1.807) is 18.2 Å². The molecule has 0 bridgehead atoms. The number of fused-ring (bicyclic) bond motifs is 1. The number of benzene rings is 2. The number of nitrogens with one attached hydrogen (secondary N) is 1. The molecule has 0 aliphatic heterocycles. The van der Waals surface area contributed by atoms with Gasteiger partial charge in [-0.05, 0) is 36.8 Å². The Balaban J connectivity index is 1.89. The molecule has 7 heteroatoms. The van der Waals surface area contributed by atoms with Crippen LogP contribution in [0.25, 0.3) is 10.2 Å². The van der Waals surface area contributed by atoms with E-state index in [2.05, 4.69) is 10.3 Å². The summed E-state index contributed by atoms with van der Waals surface area (Å²) in [6.45, 7) is 1.99. The number of halogens is 3. The largest absolute Gasteiger partial charge is 0.322 e. The van der Waals surface area contributed by atoms with Gasteiger partial charge in [-0.25, -0.2) is 18.2 Å². The Bertz CT molecular complexity index is 908. The second kappa shape index (κ2) is 6.00. The number of hydrogen-bond donors (Lipinski definition) is 1. The van der Waals surface area contributed by atoms with Crippen LogP contribution in [0.15, 0.2) is 30.3 Å². The predicted molar refractivity (Wildman–Crippen MR) is 83.3 cm³/mol. The molecule has 0 spiro atoms. The second-order valence-corrected chi connectivity index (χ2v) is 5.94. The standard InChI is InChI=1S/C16H11F3N2OS/c1-2-13-21-11-6-3-8(7-12(11)23-13)20-16(22)9-4-5-10(17)15(19)14(9)18/h3-7H,2H2,1H3,(H,20,22). The fourth-order valence-electron chi connectivity index (χ4n) is 2.10. The van der Waals surface area contributed by atoms with Crippen molar-refractivity contribution in [3.63, 3.8) is 0 Å². The molecule has 3 aromatic rings. The molecule has 3 nitrogen and oxygen atoms in total. The first kappa shape index (κ1) is 15.5. The molecule has 0 fully saturated rings. The molecule has 23 heavy (non-hydrogen) atoms. The lowest BCUT2D eigenvalue weighted by atomic mass is 10.1. The Kier molecular flexibility index (Phi) is 4.04.